The highest BCUT2D eigenvalue weighted by atomic mass is 19.3. The normalized spacial score (nSPS) is 11.1. The van der Waals surface area contributed by atoms with Gasteiger partial charge in [0.1, 0.15) is 5.75 Å². The Kier molecular flexibility index (Phi) is 4.69. The Labute approximate surface area is 102 Å². The average molecular weight is 264 g/mol. The molecule has 0 unspecified atom stereocenters. The van der Waals surface area contributed by atoms with Crippen LogP contribution in [0.4, 0.5) is 17.6 Å². The molecule has 0 spiro atoms. The van der Waals surface area contributed by atoms with Gasteiger partial charge in [0.25, 0.3) is 6.43 Å². The van der Waals surface area contributed by atoms with E-state index in [1.807, 2.05) is 0 Å². The molecule has 0 aliphatic heterocycles. The summed E-state index contributed by atoms with van der Waals surface area (Å²) in [7, 11) is 0. The highest BCUT2D eigenvalue weighted by Crippen LogP contribution is 2.33. The molecule has 2 nitrogen and oxygen atoms in total. The summed E-state index contributed by atoms with van der Waals surface area (Å²) in [5, 5.41) is 0. The first-order valence-electron chi connectivity index (χ1n) is 5.27. The minimum atomic E-state index is -3.17. The van der Waals surface area contributed by atoms with Crippen molar-refractivity contribution in [2.24, 2.45) is 0 Å². The molecule has 1 aromatic rings. The lowest BCUT2D eigenvalue weighted by Crippen LogP contribution is -2.10. The van der Waals surface area contributed by atoms with E-state index in [0.29, 0.717) is 12.0 Å². The maximum Gasteiger partial charge on any atom is 0.387 e. The number of carbonyl (C=O) groups is 1. The number of benzene rings is 1. The molecule has 1 rings (SSSR count). The van der Waals surface area contributed by atoms with Gasteiger partial charge in [-0.15, -0.1) is 0 Å². The topological polar surface area (TPSA) is 26.3 Å². The Balaban J connectivity index is 3.44. The summed E-state index contributed by atoms with van der Waals surface area (Å²) in [5.41, 5.74) is -0.647. The van der Waals surface area contributed by atoms with Crippen LogP contribution in [0.15, 0.2) is 12.1 Å². The minimum Gasteiger partial charge on any atom is -0.434 e. The molecule has 0 N–H and O–H groups in total. The van der Waals surface area contributed by atoms with Crippen molar-refractivity contribution in [3.63, 3.8) is 0 Å². The van der Waals surface area contributed by atoms with E-state index in [1.165, 1.54) is 6.07 Å². The third-order valence-electron chi connectivity index (χ3n) is 2.40. The first-order valence-corrected chi connectivity index (χ1v) is 5.27. The van der Waals surface area contributed by atoms with E-state index in [0.717, 1.165) is 13.0 Å². The molecule has 0 aliphatic rings. The molecule has 0 aromatic heterocycles. The van der Waals surface area contributed by atoms with Gasteiger partial charge in [0, 0.05) is 5.56 Å². The van der Waals surface area contributed by atoms with Crippen LogP contribution >= 0.6 is 0 Å². The van der Waals surface area contributed by atoms with E-state index in [2.05, 4.69) is 4.74 Å². The molecule has 6 heteroatoms. The van der Waals surface area contributed by atoms with Crippen LogP contribution in [0.2, 0.25) is 0 Å². The molecule has 0 heterocycles. The number of halogens is 4. The molecule has 0 saturated carbocycles. The quantitative estimate of drug-likeness (QED) is 0.593. The van der Waals surface area contributed by atoms with E-state index in [4.69, 9.17) is 0 Å². The van der Waals surface area contributed by atoms with Gasteiger partial charge in [0.15, 0.2) is 5.78 Å². The molecular formula is C12H12F4O2. The van der Waals surface area contributed by atoms with Crippen molar-refractivity contribution < 1.29 is 27.1 Å². The summed E-state index contributed by atoms with van der Waals surface area (Å²) in [5.74, 6) is -1.23. The van der Waals surface area contributed by atoms with Crippen LogP contribution in [-0.2, 0) is 6.42 Å². The van der Waals surface area contributed by atoms with Gasteiger partial charge in [-0.2, -0.15) is 8.78 Å². The largest absolute Gasteiger partial charge is 0.434 e. The van der Waals surface area contributed by atoms with Crippen molar-refractivity contribution in [2.45, 2.75) is 33.3 Å². The van der Waals surface area contributed by atoms with Gasteiger partial charge >= 0.3 is 6.61 Å². The van der Waals surface area contributed by atoms with Crippen LogP contribution in [0, 0.1) is 0 Å². The van der Waals surface area contributed by atoms with Crippen molar-refractivity contribution in [3.05, 3.63) is 28.8 Å². The number of aryl methyl sites for hydroxylation is 1. The van der Waals surface area contributed by atoms with Gasteiger partial charge in [0.2, 0.25) is 0 Å². The average Bonchev–Trinajstić information content (AvgIpc) is 2.26. The van der Waals surface area contributed by atoms with Crippen LogP contribution < -0.4 is 4.74 Å². The second-order valence-electron chi connectivity index (χ2n) is 3.65. The Morgan fingerprint density at radius 3 is 2.28 bits per heavy atom. The van der Waals surface area contributed by atoms with Crippen molar-refractivity contribution in [3.8, 4) is 5.75 Å². The molecule has 0 radical (unpaired) electrons. The van der Waals surface area contributed by atoms with Crippen LogP contribution in [-0.4, -0.2) is 12.4 Å². The standard InChI is InChI=1S/C12H12F4O2/c1-3-7-4-8(11(13)14)10(6(2)17)9(5-7)18-12(15)16/h4-5,11-12H,3H2,1-2H3. The monoisotopic (exact) mass is 264 g/mol. The number of ketones is 1. The van der Waals surface area contributed by atoms with E-state index >= 15 is 0 Å². The fourth-order valence-corrected chi connectivity index (χ4v) is 1.64. The van der Waals surface area contributed by atoms with Gasteiger partial charge < -0.3 is 4.74 Å². The Hall–Kier alpha value is -1.59. The van der Waals surface area contributed by atoms with Gasteiger partial charge in [-0.3, -0.25) is 4.79 Å². The first-order chi connectivity index (χ1) is 8.36. The van der Waals surface area contributed by atoms with E-state index in [1.54, 1.807) is 6.92 Å². The lowest BCUT2D eigenvalue weighted by molar-refractivity contribution is -0.0503. The number of rotatable bonds is 5. The van der Waals surface area contributed by atoms with Crippen molar-refractivity contribution in [2.75, 3.05) is 0 Å². The van der Waals surface area contributed by atoms with Gasteiger partial charge in [-0.05, 0) is 31.0 Å². The predicted molar refractivity (Wildman–Crippen MR) is 57.4 cm³/mol. The molecule has 100 valence electrons. The third kappa shape index (κ3) is 3.21. The van der Waals surface area contributed by atoms with Gasteiger partial charge in [0.05, 0.1) is 5.56 Å². The number of alkyl halides is 4. The molecule has 0 aliphatic carbocycles. The van der Waals surface area contributed by atoms with E-state index < -0.39 is 35.7 Å². The molecule has 0 atom stereocenters. The maximum atomic E-state index is 12.8. The van der Waals surface area contributed by atoms with Gasteiger partial charge in [-0.1, -0.05) is 6.92 Å². The fourth-order valence-electron chi connectivity index (χ4n) is 1.64. The maximum absolute atomic E-state index is 12.8. The lowest BCUT2D eigenvalue weighted by atomic mass is 9.99. The fraction of sp³-hybridized carbons (Fsp3) is 0.417. The molecule has 0 saturated heterocycles. The zero-order chi connectivity index (χ0) is 13.9. The zero-order valence-electron chi connectivity index (χ0n) is 9.84. The highest BCUT2D eigenvalue weighted by molar-refractivity contribution is 5.98. The van der Waals surface area contributed by atoms with Gasteiger partial charge in [-0.25, -0.2) is 8.78 Å². The second kappa shape index (κ2) is 5.84. The summed E-state index contributed by atoms with van der Waals surface area (Å²) in [6.45, 7) is -0.448. The molecule has 0 fully saturated rings. The molecule has 18 heavy (non-hydrogen) atoms. The molecule has 0 bridgehead atoms. The molecular weight excluding hydrogens is 252 g/mol. The number of Topliss-reactive ketones (excluding diaryl/α,β-unsaturated/α-hetero) is 1. The molecule has 0 amide bonds. The highest BCUT2D eigenvalue weighted by Gasteiger charge is 2.23. The zero-order valence-corrected chi connectivity index (χ0v) is 9.84. The van der Waals surface area contributed by atoms with E-state index in [-0.39, 0.29) is 0 Å². The summed E-state index contributed by atoms with van der Waals surface area (Å²) >= 11 is 0. The lowest BCUT2D eigenvalue weighted by Gasteiger charge is -2.14. The Morgan fingerprint density at radius 2 is 1.89 bits per heavy atom. The van der Waals surface area contributed by atoms with Crippen molar-refractivity contribution >= 4 is 5.78 Å². The number of hydrogen-bond donors (Lipinski definition) is 0. The van der Waals surface area contributed by atoms with Crippen LogP contribution in [0.5, 0.6) is 5.75 Å². The Bertz CT molecular complexity index is 444. The van der Waals surface area contributed by atoms with E-state index in [9.17, 15) is 22.4 Å². The smallest absolute Gasteiger partial charge is 0.387 e. The van der Waals surface area contributed by atoms with Crippen LogP contribution in [0.25, 0.3) is 0 Å². The third-order valence-corrected chi connectivity index (χ3v) is 2.40. The Morgan fingerprint density at radius 1 is 1.28 bits per heavy atom. The summed E-state index contributed by atoms with van der Waals surface area (Å²) in [4.78, 5) is 11.3. The number of carbonyl (C=O) groups excluding carboxylic acids is 1. The van der Waals surface area contributed by atoms with Crippen LogP contribution in [0.3, 0.4) is 0 Å². The first kappa shape index (κ1) is 14.5. The summed E-state index contributed by atoms with van der Waals surface area (Å²) < 4.78 is 54.2. The summed E-state index contributed by atoms with van der Waals surface area (Å²) in [6, 6.07) is 2.33. The SMILES string of the molecule is CCc1cc(OC(F)F)c(C(C)=O)c(C(F)F)c1. The molecule has 1 aromatic carbocycles. The van der Waals surface area contributed by atoms with Crippen molar-refractivity contribution in [1.82, 2.24) is 0 Å². The minimum absolute atomic E-state index is 0.373. The van der Waals surface area contributed by atoms with Crippen LogP contribution in [0.1, 0.15) is 41.8 Å². The predicted octanol–water partition coefficient (Wildman–Crippen LogP) is 3.99. The second-order valence-corrected chi connectivity index (χ2v) is 3.65. The summed E-state index contributed by atoms with van der Waals surface area (Å²) in [6.07, 6.45) is -2.55. The number of ether oxygens (including phenoxy) is 1. The number of hydrogen-bond acceptors (Lipinski definition) is 2. The van der Waals surface area contributed by atoms with Crippen molar-refractivity contribution in [1.29, 1.82) is 0 Å².